The molecule has 0 aliphatic heterocycles. The highest BCUT2D eigenvalue weighted by Gasteiger charge is 2.34. The van der Waals surface area contributed by atoms with Crippen LogP contribution in [0.4, 0.5) is 11.4 Å². The van der Waals surface area contributed by atoms with Crippen LogP contribution in [0, 0.1) is 0 Å². The lowest BCUT2D eigenvalue weighted by Crippen LogP contribution is -2.24. The monoisotopic (exact) mass is 414 g/mol. The summed E-state index contributed by atoms with van der Waals surface area (Å²) in [4.78, 5) is 26.3. The average Bonchev–Trinajstić information content (AvgIpc) is 2.81. The molecule has 31 heavy (non-hydrogen) atoms. The lowest BCUT2D eigenvalue weighted by atomic mass is 9.81. The van der Waals surface area contributed by atoms with Gasteiger partial charge in [0.1, 0.15) is 12.4 Å². The Kier molecular flexibility index (Phi) is 5.76. The van der Waals surface area contributed by atoms with Crippen LogP contribution in [0.3, 0.4) is 0 Å². The fourth-order valence-corrected chi connectivity index (χ4v) is 3.99. The molecule has 3 aromatic carbocycles. The number of hydrogen-bond donors (Lipinski definition) is 2. The fraction of sp³-hybridized carbons (Fsp3) is 0.231. The van der Waals surface area contributed by atoms with Crippen molar-refractivity contribution in [3.63, 3.8) is 0 Å². The molecule has 0 radical (unpaired) electrons. The zero-order valence-corrected chi connectivity index (χ0v) is 17.8. The minimum Gasteiger partial charge on any atom is -0.489 e. The van der Waals surface area contributed by atoms with Gasteiger partial charge in [0.25, 0.3) is 0 Å². The fourth-order valence-electron chi connectivity index (χ4n) is 3.99. The summed E-state index contributed by atoms with van der Waals surface area (Å²) in [6.07, 6.45) is 3.38. The van der Waals surface area contributed by atoms with Gasteiger partial charge < -0.3 is 15.8 Å². The van der Waals surface area contributed by atoms with Crippen molar-refractivity contribution >= 4 is 22.9 Å². The number of nitrogens with one attached hydrogen (secondary N) is 1. The van der Waals surface area contributed by atoms with Crippen LogP contribution in [0.15, 0.2) is 54.6 Å². The van der Waals surface area contributed by atoms with Gasteiger partial charge in [-0.05, 0) is 36.6 Å². The van der Waals surface area contributed by atoms with Gasteiger partial charge in [-0.2, -0.15) is 0 Å². The number of rotatable bonds is 7. The van der Waals surface area contributed by atoms with Crippen molar-refractivity contribution in [2.75, 3.05) is 18.1 Å². The van der Waals surface area contributed by atoms with Gasteiger partial charge in [0.2, 0.25) is 0 Å². The number of carbonyl (C=O) groups excluding carboxylic acids is 2. The van der Waals surface area contributed by atoms with Gasteiger partial charge in [-0.25, -0.2) is 0 Å². The highest BCUT2D eigenvalue weighted by Crippen LogP contribution is 2.37. The summed E-state index contributed by atoms with van der Waals surface area (Å²) >= 11 is 0. The summed E-state index contributed by atoms with van der Waals surface area (Å²) in [6, 6.07) is 16.7. The standard InChI is InChI=1S/C26H26N2O3/c1-3-4-7-16-10-12-18(13-11-16)31-15-17-14-21(28-2)22-23(24(17)27)26(30)20-9-6-5-8-19(20)25(22)29/h5-6,8-14,28H,3-4,7,15,27H2,1-2H3. The van der Waals surface area contributed by atoms with Gasteiger partial charge >= 0.3 is 0 Å². The van der Waals surface area contributed by atoms with Crippen molar-refractivity contribution in [2.24, 2.45) is 0 Å². The molecule has 5 nitrogen and oxygen atoms in total. The molecule has 0 fully saturated rings. The molecule has 0 saturated heterocycles. The van der Waals surface area contributed by atoms with Crippen LogP contribution in [0.2, 0.25) is 0 Å². The van der Waals surface area contributed by atoms with Gasteiger partial charge in [-0.15, -0.1) is 0 Å². The molecule has 0 amide bonds. The number of hydrogen-bond acceptors (Lipinski definition) is 5. The number of benzene rings is 3. The van der Waals surface area contributed by atoms with E-state index in [-0.39, 0.29) is 23.7 Å². The van der Waals surface area contributed by atoms with E-state index in [0.29, 0.717) is 33.6 Å². The Morgan fingerprint density at radius 3 is 2.19 bits per heavy atom. The Bertz CT molecular complexity index is 1150. The summed E-state index contributed by atoms with van der Waals surface area (Å²) < 4.78 is 5.95. The second kappa shape index (κ2) is 8.64. The SMILES string of the molecule is CCCCc1ccc(OCc2cc(NC)c3c(c2N)C(=O)c2ccccc2C3=O)cc1. The highest BCUT2D eigenvalue weighted by molar-refractivity contribution is 6.32. The molecule has 0 heterocycles. The molecular weight excluding hydrogens is 388 g/mol. The second-order valence-electron chi connectivity index (χ2n) is 7.74. The van der Waals surface area contributed by atoms with E-state index >= 15 is 0 Å². The minimum atomic E-state index is -0.235. The van der Waals surface area contributed by atoms with Gasteiger partial charge in [0.05, 0.1) is 16.8 Å². The predicted octanol–water partition coefficient (Wildman–Crippen LogP) is 5.01. The number of ketones is 2. The Morgan fingerprint density at radius 1 is 0.935 bits per heavy atom. The van der Waals surface area contributed by atoms with Crippen molar-refractivity contribution in [1.29, 1.82) is 0 Å². The Balaban J connectivity index is 1.65. The summed E-state index contributed by atoms with van der Waals surface area (Å²) in [6.45, 7) is 2.38. The van der Waals surface area contributed by atoms with E-state index in [1.165, 1.54) is 5.56 Å². The van der Waals surface area contributed by atoms with E-state index in [1.807, 2.05) is 12.1 Å². The molecule has 3 aromatic rings. The quantitative estimate of drug-likeness (QED) is 0.416. The number of unbranched alkanes of at least 4 members (excludes halogenated alkanes) is 1. The molecule has 0 saturated carbocycles. The molecule has 1 aliphatic rings. The lowest BCUT2D eigenvalue weighted by molar-refractivity contribution is 0.0980. The predicted molar refractivity (Wildman–Crippen MR) is 123 cm³/mol. The minimum absolute atomic E-state index is 0.198. The molecule has 158 valence electrons. The molecule has 5 heteroatoms. The molecule has 0 aromatic heterocycles. The number of ether oxygens (including phenoxy) is 1. The molecule has 3 N–H and O–H groups in total. The van der Waals surface area contributed by atoms with E-state index in [2.05, 4.69) is 24.4 Å². The van der Waals surface area contributed by atoms with Gasteiger partial charge in [-0.1, -0.05) is 49.7 Å². The van der Waals surface area contributed by atoms with E-state index in [9.17, 15) is 9.59 Å². The molecule has 4 rings (SSSR count). The molecule has 1 aliphatic carbocycles. The molecule has 0 bridgehead atoms. The van der Waals surface area contributed by atoms with Crippen LogP contribution in [-0.4, -0.2) is 18.6 Å². The Hall–Kier alpha value is -3.60. The topological polar surface area (TPSA) is 81.4 Å². The van der Waals surface area contributed by atoms with E-state index < -0.39 is 0 Å². The number of carbonyl (C=O) groups is 2. The molecule has 0 atom stereocenters. The number of aryl methyl sites for hydroxylation is 1. The summed E-state index contributed by atoms with van der Waals surface area (Å²) in [5, 5.41) is 3.05. The van der Waals surface area contributed by atoms with Crippen LogP contribution in [0.5, 0.6) is 5.75 Å². The van der Waals surface area contributed by atoms with E-state index in [0.717, 1.165) is 25.0 Å². The van der Waals surface area contributed by atoms with Crippen LogP contribution >= 0.6 is 0 Å². The first kappa shape index (κ1) is 20.7. The third kappa shape index (κ3) is 3.79. The van der Waals surface area contributed by atoms with Crippen LogP contribution in [0.1, 0.15) is 62.7 Å². The van der Waals surface area contributed by atoms with Crippen molar-refractivity contribution in [1.82, 2.24) is 0 Å². The van der Waals surface area contributed by atoms with Crippen molar-refractivity contribution < 1.29 is 14.3 Å². The van der Waals surface area contributed by atoms with Crippen LogP contribution in [-0.2, 0) is 13.0 Å². The van der Waals surface area contributed by atoms with Crippen molar-refractivity contribution in [3.05, 3.63) is 88.0 Å². The van der Waals surface area contributed by atoms with Crippen LogP contribution in [0.25, 0.3) is 0 Å². The van der Waals surface area contributed by atoms with Gasteiger partial charge in [-0.3, -0.25) is 9.59 Å². The number of nitrogen functional groups attached to an aromatic ring is 1. The third-order valence-electron chi connectivity index (χ3n) is 5.73. The summed E-state index contributed by atoms with van der Waals surface area (Å²) in [7, 11) is 1.73. The van der Waals surface area contributed by atoms with Crippen molar-refractivity contribution in [3.8, 4) is 5.75 Å². The summed E-state index contributed by atoms with van der Waals surface area (Å²) in [5.74, 6) is 0.300. The van der Waals surface area contributed by atoms with Crippen molar-refractivity contribution in [2.45, 2.75) is 32.8 Å². The zero-order valence-electron chi connectivity index (χ0n) is 17.8. The number of nitrogens with two attached hydrogens (primary N) is 1. The van der Waals surface area contributed by atoms with Gasteiger partial charge in [0.15, 0.2) is 11.6 Å². The normalized spacial score (nSPS) is 12.3. The highest BCUT2D eigenvalue weighted by atomic mass is 16.5. The first-order valence-electron chi connectivity index (χ1n) is 10.6. The zero-order chi connectivity index (χ0) is 22.0. The largest absolute Gasteiger partial charge is 0.489 e. The third-order valence-corrected chi connectivity index (χ3v) is 5.73. The maximum Gasteiger partial charge on any atom is 0.196 e. The first-order valence-corrected chi connectivity index (χ1v) is 10.6. The van der Waals surface area contributed by atoms with E-state index in [1.54, 1.807) is 37.4 Å². The summed E-state index contributed by atoms with van der Waals surface area (Å²) in [5.41, 5.74) is 10.6. The first-order chi connectivity index (χ1) is 15.0. The van der Waals surface area contributed by atoms with Gasteiger partial charge in [0, 0.05) is 29.4 Å². The Labute approximate surface area is 182 Å². The number of fused-ring (bicyclic) bond motifs is 2. The molecular formula is C26H26N2O3. The lowest BCUT2D eigenvalue weighted by Gasteiger charge is -2.23. The van der Waals surface area contributed by atoms with Crippen LogP contribution < -0.4 is 15.8 Å². The molecule has 0 unspecified atom stereocenters. The maximum atomic E-state index is 13.2. The molecule has 0 spiro atoms. The number of anilines is 2. The Morgan fingerprint density at radius 2 is 1.58 bits per heavy atom. The smallest absolute Gasteiger partial charge is 0.196 e. The average molecular weight is 415 g/mol. The second-order valence-corrected chi connectivity index (χ2v) is 7.74. The maximum absolute atomic E-state index is 13.2. The van der Waals surface area contributed by atoms with E-state index in [4.69, 9.17) is 10.5 Å².